The van der Waals surface area contributed by atoms with Gasteiger partial charge in [0.2, 0.25) is 0 Å². The van der Waals surface area contributed by atoms with Gasteiger partial charge in [0, 0.05) is 5.92 Å². The molecule has 2 nitrogen and oxygen atoms in total. The van der Waals surface area contributed by atoms with Crippen molar-refractivity contribution in [2.24, 2.45) is 5.92 Å². The minimum absolute atomic E-state index is 0.0764. The van der Waals surface area contributed by atoms with Gasteiger partial charge in [0.15, 0.2) is 5.78 Å². The zero-order valence-corrected chi connectivity index (χ0v) is 10.6. The van der Waals surface area contributed by atoms with Gasteiger partial charge in [-0.2, -0.15) is 0 Å². The molecule has 1 unspecified atom stereocenters. The maximum Gasteiger partial charge on any atom is 0.172 e. The lowest BCUT2D eigenvalue weighted by Gasteiger charge is -2.10. The van der Waals surface area contributed by atoms with Crippen LogP contribution < -0.4 is 4.74 Å². The second-order valence-electron chi connectivity index (χ2n) is 3.49. The molecule has 0 aliphatic rings. The molecule has 1 aromatic carbocycles. The fraction of sp³-hybridized carbons (Fsp3) is 0.417. The van der Waals surface area contributed by atoms with E-state index in [9.17, 15) is 4.79 Å². The molecule has 0 fully saturated rings. The first-order chi connectivity index (χ1) is 7.15. The third kappa shape index (κ3) is 3.67. The molecule has 0 radical (unpaired) electrons. The van der Waals surface area contributed by atoms with E-state index in [0.717, 1.165) is 10.9 Å². The van der Waals surface area contributed by atoms with Gasteiger partial charge in [-0.25, -0.2) is 0 Å². The topological polar surface area (TPSA) is 26.3 Å². The standard InChI is InChI=1S/C12H15BrO2/c1-3-9(2)11(14)8-15-12-7-5-4-6-10(12)13/h4-7,9H,3,8H2,1-2H3. The average molecular weight is 271 g/mol. The molecular weight excluding hydrogens is 256 g/mol. The Morgan fingerprint density at radius 1 is 1.47 bits per heavy atom. The summed E-state index contributed by atoms with van der Waals surface area (Å²) in [5, 5.41) is 0. The first-order valence-corrected chi connectivity index (χ1v) is 5.84. The van der Waals surface area contributed by atoms with Gasteiger partial charge in [-0.15, -0.1) is 0 Å². The lowest BCUT2D eigenvalue weighted by molar-refractivity contribution is -0.124. The summed E-state index contributed by atoms with van der Waals surface area (Å²) < 4.78 is 6.30. The predicted molar refractivity (Wildman–Crippen MR) is 64.1 cm³/mol. The Hall–Kier alpha value is -0.830. The first kappa shape index (κ1) is 12.2. The SMILES string of the molecule is CCC(C)C(=O)COc1ccccc1Br. The maximum atomic E-state index is 11.5. The summed E-state index contributed by atoms with van der Waals surface area (Å²) in [6.07, 6.45) is 0.859. The van der Waals surface area contributed by atoms with Crippen LogP contribution in [-0.2, 0) is 4.79 Å². The molecule has 0 bridgehead atoms. The van der Waals surface area contributed by atoms with Crippen molar-refractivity contribution in [2.45, 2.75) is 20.3 Å². The van der Waals surface area contributed by atoms with E-state index < -0.39 is 0 Å². The Balaban J connectivity index is 2.51. The van der Waals surface area contributed by atoms with Crippen LogP contribution in [0.5, 0.6) is 5.75 Å². The summed E-state index contributed by atoms with van der Waals surface area (Å²) in [5.41, 5.74) is 0. The third-order valence-electron chi connectivity index (χ3n) is 2.37. The quantitative estimate of drug-likeness (QED) is 0.820. The minimum Gasteiger partial charge on any atom is -0.485 e. The number of Topliss-reactive ketones (excluding diaryl/α,β-unsaturated/α-hetero) is 1. The molecule has 15 heavy (non-hydrogen) atoms. The molecule has 0 N–H and O–H groups in total. The molecule has 0 aromatic heterocycles. The highest BCUT2D eigenvalue weighted by molar-refractivity contribution is 9.10. The molecular formula is C12H15BrO2. The van der Waals surface area contributed by atoms with Crippen molar-refractivity contribution in [1.82, 2.24) is 0 Å². The maximum absolute atomic E-state index is 11.5. The molecule has 82 valence electrons. The minimum atomic E-state index is 0.0764. The smallest absolute Gasteiger partial charge is 0.172 e. The Kier molecular flexibility index (Phi) is 4.82. The van der Waals surface area contributed by atoms with E-state index in [4.69, 9.17) is 4.74 Å². The second-order valence-corrected chi connectivity index (χ2v) is 4.35. The third-order valence-corrected chi connectivity index (χ3v) is 3.02. The van der Waals surface area contributed by atoms with Crippen LogP contribution in [0.4, 0.5) is 0 Å². The molecule has 1 aromatic rings. The molecule has 0 saturated heterocycles. The molecule has 0 spiro atoms. The number of ketones is 1. The predicted octanol–water partition coefficient (Wildman–Crippen LogP) is 3.44. The number of halogens is 1. The number of ether oxygens (including phenoxy) is 1. The Morgan fingerprint density at radius 3 is 2.73 bits per heavy atom. The van der Waals surface area contributed by atoms with Gasteiger partial charge in [0.25, 0.3) is 0 Å². The van der Waals surface area contributed by atoms with Gasteiger partial charge in [-0.1, -0.05) is 26.0 Å². The number of carbonyl (C=O) groups is 1. The van der Waals surface area contributed by atoms with E-state index in [-0.39, 0.29) is 18.3 Å². The van der Waals surface area contributed by atoms with Crippen LogP contribution in [0.25, 0.3) is 0 Å². The molecule has 1 rings (SSSR count). The van der Waals surface area contributed by atoms with E-state index >= 15 is 0 Å². The lowest BCUT2D eigenvalue weighted by Crippen LogP contribution is -2.18. The molecule has 0 aliphatic heterocycles. The molecule has 3 heteroatoms. The Labute approximate surface area is 98.8 Å². The Bertz CT molecular complexity index is 336. The largest absolute Gasteiger partial charge is 0.485 e. The summed E-state index contributed by atoms with van der Waals surface area (Å²) in [5.74, 6) is 0.940. The number of hydrogen-bond acceptors (Lipinski definition) is 2. The summed E-state index contributed by atoms with van der Waals surface area (Å²) in [7, 11) is 0. The normalized spacial score (nSPS) is 12.2. The fourth-order valence-electron chi connectivity index (χ4n) is 1.08. The highest BCUT2D eigenvalue weighted by Gasteiger charge is 2.11. The molecule has 0 aliphatic carbocycles. The molecule has 0 saturated carbocycles. The van der Waals surface area contributed by atoms with E-state index in [1.165, 1.54) is 0 Å². The van der Waals surface area contributed by atoms with E-state index in [2.05, 4.69) is 15.9 Å². The van der Waals surface area contributed by atoms with Crippen LogP contribution in [0.3, 0.4) is 0 Å². The summed E-state index contributed by atoms with van der Waals surface area (Å²) >= 11 is 3.36. The van der Waals surface area contributed by atoms with Crippen LogP contribution in [0.2, 0.25) is 0 Å². The van der Waals surface area contributed by atoms with Crippen LogP contribution in [-0.4, -0.2) is 12.4 Å². The van der Waals surface area contributed by atoms with E-state index in [1.807, 2.05) is 38.1 Å². The van der Waals surface area contributed by atoms with Crippen molar-refractivity contribution >= 4 is 21.7 Å². The number of rotatable bonds is 5. The zero-order valence-electron chi connectivity index (χ0n) is 9.00. The highest BCUT2D eigenvalue weighted by Crippen LogP contribution is 2.23. The monoisotopic (exact) mass is 270 g/mol. The Morgan fingerprint density at radius 2 is 2.13 bits per heavy atom. The van der Waals surface area contributed by atoms with Crippen LogP contribution >= 0.6 is 15.9 Å². The highest BCUT2D eigenvalue weighted by atomic mass is 79.9. The molecule has 1 atom stereocenters. The number of para-hydroxylation sites is 1. The van der Waals surface area contributed by atoms with Crippen LogP contribution in [0.15, 0.2) is 28.7 Å². The average Bonchev–Trinajstić information content (AvgIpc) is 2.26. The number of carbonyl (C=O) groups excluding carboxylic acids is 1. The number of hydrogen-bond donors (Lipinski definition) is 0. The second kappa shape index (κ2) is 5.91. The van der Waals surface area contributed by atoms with Gasteiger partial charge < -0.3 is 4.74 Å². The van der Waals surface area contributed by atoms with Crippen LogP contribution in [0, 0.1) is 5.92 Å². The first-order valence-electron chi connectivity index (χ1n) is 5.05. The number of benzene rings is 1. The van der Waals surface area contributed by atoms with Crippen molar-refractivity contribution in [2.75, 3.05) is 6.61 Å². The summed E-state index contributed by atoms with van der Waals surface area (Å²) in [6, 6.07) is 7.53. The zero-order chi connectivity index (χ0) is 11.3. The van der Waals surface area contributed by atoms with Crippen molar-refractivity contribution in [3.63, 3.8) is 0 Å². The summed E-state index contributed by atoms with van der Waals surface area (Å²) in [6.45, 7) is 4.07. The molecule has 0 heterocycles. The van der Waals surface area contributed by atoms with E-state index in [1.54, 1.807) is 0 Å². The van der Waals surface area contributed by atoms with Gasteiger partial charge in [0.1, 0.15) is 12.4 Å². The van der Waals surface area contributed by atoms with Gasteiger partial charge in [-0.05, 0) is 34.5 Å². The summed E-state index contributed by atoms with van der Waals surface area (Å²) in [4.78, 5) is 11.5. The lowest BCUT2D eigenvalue weighted by atomic mass is 10.1. The van der Waals surface area contributed by atoms with Crippen LogP contribution in [0.1, 0.15) is 20.3 Å². The van der Waals surface area contributed by atoms with E-state index in [0.29, 0.717) is 5.75 Å². The van der Waals surface area contributed by atoms with Crippen molar-refractivity contribution in [3.8, 4) is 5.75 Å². The molecule has 0 amide bonds. The van der Waals surface area contributed by atoms with Gasteiger partial charge in [-0.3, -0.25) is 4.79 Å². The van der Waals surface area contributed by atoms with Crippen molar-refractivity contribution < 1.29 is 9.53 Å². The van der Waals surface area contributed by atoms with Crippen molar-refractivity contribution in [1.29, 1.82) is 0 Å². The van der Waals surface area contributed by atoms with Gasteiger partial charge in [0.05, 0.1) is 4.47 Å². The fourth-order valence-corrected chi connectivity index (χ4v) is 1.48. The van der Waals surface area contributed by atoms with Crippen molar-refractivity contribution in [3.05, 3.63) is 28.7 Å². The van der Waals surface area contributed by atoms with Gasteiger partial charge >= 0.3 is 0 Å².